The summed E-state index contributed by atoms with van der Waals surface area (Å²) >= 11 is 24.0. The highest BCUT2D eigenvalue weighted by atomic mass is 35.5. The molecule has 0 saturated heterocycles. The minimum absolute atomic E-state index is 0.223. The first-order valence-electron chi connectivity index (χ1n) is 4.78. The molecule has 0 aliphatic heterocycles. The van der Waals surface area contributed by atoms with Crippen LogP contribution in [0, 0.1) is 0 Å². The predicted molar refractivity (Wildman–Crippen MR) is 75.1 cm³/mol. The van der Waals surface area contributed by atoms with E-state index in [9.17, 15) is 4.79 Å². The summed E-state index contributed by atoms with van der Waals surface area (Å²) in [7, 11) is 0. The van der Waals surface area contributed by atoms with Crippen molar-refractivity contribution < 1.29 is 4.79 Å². The molecule has 0 aliphatic carbocycles. The van der Waals surface area contributed by atoms with Crippen molar-refractivity contribution in [3.63, 3.8) is 0 Å². The van der Waals surface area contributed by atoms with E-state index in [1.54, 1.807) is 12.1 Å². The number of rotatable bonds is 2. The molecule has 0 aliphatic rings. The lowest BCUT2D eigenvalue weighted by Gasteiger charge is -2.09. The van der Waals surface area contributed by atoms with Crippen molar-refractivity contribution in [2.24, 2.45) is 0 Å². The summed E-state index contributed by atoms with van der Waals surface area (Å²) in [6.07, 6.45) is 2.05. The van der Waals surface area contributed by atoms with E-state index in [2.05, 4.69) is 4.98 Å². The number of halogens is 4. The number of hydrogen-bond acceptors (Lipinski definition) is 2. The average Bonchev–Trinajstić information content (AvgIpc) is 2.34. The van der Waals surface area contributed by atoms with Crippen LogP contribution >= 0.6 is 46.4 Å². The van der Waals surface area contributed by atoms with Crippen LogP contribution in [0.15, 0.2) is 24.4 Å². The molecule has 0 spiro atoms. The Labute approximate surface area is 123 Å². The molecule has 6 heteroatoms. The number of aromatic nitrogens is 1. The average molecular weight is 321 g/mol. The fourth-order valence-electron chi connectivity index (χ4n) is 1.47. The van der Waals surface area contributed by atoms with Crippen LogP contribution in [0.5, 0.6) is 0 Å². The predicted octanol–water partition coefficient (Wildman–Crippen LogP) is 5.17. The fraction of sp³-hybridized carbons (Fsp3) is 0. The van der Waals surface area contributed by atoms with Crippen molar-refractivity contribution >= 4 is 52.7 Å². The van der Waals surface area contributed by atoms with Gasteiger partial charge in [-0.2, -0.15) is 0 Å². The van der Waals surface area contributed by atoms with Gasteiger partial charge in [0.1, 0.15) is 5.15 Å². The Bertz CT molecular complexity index is 628. The number of benzene rings is 1. The molecule has 1 aromatic heterocycles. The topological polar surface area (TPSA) is 30.0 Å². The first-order chi connectivity index (χ1) is 8.52. The number of pyridine rings is 1. The first-order valence-corrected chi connectivity index (χ1v) is 6.29. The van der Waals surface area contributed by atoms with Crippen molar-refractivity contribution in [3.05, 3.63) is 50.2 Å². The van der Waals surface area contributed by atoms with Crippen molar-refractivity contribution in [1.29, 1.82) is 0 Å². The van der Waals surface area contributed by atoms with Gasteiger partial charge in [-0.25, -0.2) is 4.98 Å². The molecule has 0 amide bonds. The monoisotopic (exact) mass is 319 g/mol. The third-order valence-corrected chi connectivity index (χ3v) is 3.60. The molecular weight excluding hydrogens is 316 g/mol. The van der Waals surface area contributed by atoms with E-state index in [1.807, 2.05) is 0 Å². The molecule has 0 fully saturated rings. The van der Waals surface area contributed by atoms with E-state index in [-0.39, 0.29) is 5.15 Å². The number of hydrogen-bond donors (Lipinski definition) is 0. The van der Waals surface area contributed by atoms with Crippen LogP contribution in [-0.4, -0.2) is 11.3 Å². The SMILES string of the molecule is O=Cc1cnc(Cl)c(-c2cc(Cl)cc(Cl)c2Cl)c1. The molecular formula is C12H5Cl4NO. The highest BCUT2D eigenvalue weighted by Gasteiger charge is 2.13. The zero-order valence-corrected chi connectivity index (χ0v) is 11.8. The molecule has 2 aromatic rings. The molecule has 2 rings (SSSR count). The Kier molecular flexibility index (Phi) is 4.13. The van der Waals surface area contributed by atoms with Crippen LogP contribution in [0.3, 0.4) is 0 Å². The van der Waals surface area contributed by atoms with Crippen LogP contribution in [0.1, 0.15) is 10.4 Å². The number of carbonyl (C=O) groups excluding carboxylic acids is 1. The molecule has 0 N–H and O–H groups in total. The van der Waals surface area contributed by atoms with Crippen LogP contribution in [0.4, 0.5) is 0 Å². The van der Waals surface area contributed by atoms with Gasteiger partial charge in [-0.05, 0) is 18.2 Å². The first kappa shape index (κ1) is 13.6. The smallest absolute Gasteiger partial charge is 0.151 e. The molecule has 0 bridgehead atoms. The van der Waals surface area contributed by atoms with Crippen LogP contribution in [0.25, 0.3) is 11.1 Å². The van der Waals surface area contributed by atoms with Gasteiger partial charge in [0.2, 0.25) is 0 Å². The minimum Gasteiger partial charge on any atom is -0.298 e. The third kappa shape index (κ3) is 2.62. The van der Waals surface area contributed by atoms with E-state index in [4.69, 9.17) is 46.4 Å². The number of aldehydes is 1. The second-order valence-corrected chi connectivity index (χ2v) is 5.05. The summed E-state index contributed by atoms with van der Waals surface area (Å²) in [5.41, 5.74) is 1.44. The molecule has 1 heterocycles. The van der Waals surface area contributed by atoms with Crippen molar-refractivity contribution in [2.45, 2.75) is 0 Å². The van der Waals surface area contributed by atoms with Gasteiger partial charge in [-0.1, -0.05) is 46.4 Å². The summed E-state index contributed by atoms with van der Waals surface area (Å²) in [4.78, 5) is 14.7. The Morgan fingerprint density at radius 1 is 1.00 bits per heavy atom. The van der Waals surface area contributed by atoms with E-state index in [0.29, 0.717) is 38.0 Å². The van der Waals surface area contributed by atoms with Gasteiger partial charge >= 0.3 is 0 Å². The van der Waals surface area contributed by atoms with Gasteiger partial charge < -0.3 is 0 Å². The van der Waals surface area contributed by atoms with Gasteiger partial charge in [0.15, 0.2) is 6.29 Å². The molecule has 18 heavy (non-hydrogen) atoms. The van der Waals surface area contributed by atoms with E-state index in [1.165, 1.54) is 12.3 Å². The summed E-state index contributed by atoms with van der Waals surface area (Å²) in [5.74, 6) is 0. The Hall–Kier alpha value is -0.800. The minimum atomic E-state index is 0.223. The van der Waals surface area contributed by atoms with E-state index >= 15 is 0 Å². The normalized spacial score (nSPS) is 10.4. The number of nitrogens with zero attached hydrogens (tertiary/aromatic N) is 1. The lowest BCUT2D eigenvalue weighted by molar-refractivity contribution is 0.112. The maximum absolute atomic E-state index is 10.8. The largest absolute Gasteiger partial charge is 0.298 e. The highest BCUT2D eigenvalue weighted by molar-refractivity contribution is 6.45. The lowest BCUT2D eigenvalue weighted by Crippen LogP contribution is -1.89. The Balaban J connectivity index is 2.72. The second kappa shape index (κ2) is 5.45. The summed E-state index contributed by atoms with van der Waals surface area (Å²) in [6, 6.07) is 4.73. The second-order valence-electron chi connectivity index (χ2n) is 3.47. The van der Waals surface area contributed by atoms with Gasteiger partial charge in [-0.3, -0.25) is 4.79 Å². The Morgan fingerprint density at radius 3 is 2.39 bits per heavy atom. The van der Waals surface area contributed by atoms with Crippen molar-refractivity contribution in [3.8, 4) is 11.1 Å². The van der Waals surface area contributed by atoms with Gasteiger partial charge in [0.05, 0.1) is 10.0 Å². The van der Waals surface area contributed by atoms with Gasteiger partial charge in [-0.15, -0.1) is 0 Å². The zero-order valence-electron chi connectivity index (χ0n) is 8.75. The van der Waals surface area contributed by atoms with Crippen LogP contribution in [0.2, 0.25) is 20.2 Å². The lowest BCUT2D eigenvalue weighted by atomic mass is 10.1. The molecule has 92 valence electrons. The molecule has 0 atom stereocenters. The van der Waals surface area contributed by atoms with Gasteiger partial charge in [0, 0.05) is 27.9 Å². The van der Waals surface area contributed by atoms with E-state index in [0.717, 1.165) is 0 Å². The van der Waals surface area contributed by atoms with E-state index < -0.39 is 0 Å². The fourth-order valence-corrected chi connectivity index (χ4v) is 2.38. The molecule has 2 nitrogen and oxygen atoms in total. The number of carbonyl (C=O) groups is 1. The van der Waals surface area contributed by atoms with Crippen LogP contribution in [-0.2, 0) is 0 Å². The maximum Gasteiger partial charge on any atom is 0.151 e. The van der Waals surface area contributed by atoms with Gasteiger partial charge in [0.25, 0.3) is 0 Å². The molecule has 0 unspecified atom stereocenters. The highest BCUT2D eigenvalue weighted by Crippen LogP contribution is 2.38. The molecule has 1 aromatic carbocycles. The summed E-state index contributed by atoms with van der Waals surface area (Å²) in [5, 5.41) is 1.27. The van der Waals surface area contributed by atoms with Crippen molar-refractivity contribution in [2.75, 3.05) is 0 Å². The molecule has 0 radical (unpaired) electrons. The van der Waals surface area contributed by atoms with Crippen molar-refractivity contribution in [1.82, 2.24) is 4.98 Å². The van der Waals surface area contributed by atoms with Crippen LogP contribution < -0.4 is 0 Å². The summed E-state index contributed by atoms with van der Waals surface area (Å²) in [6.45, 7) is 0. The third-order valence-electron chi connectivity index (χ3n) is 2.28. The quantitative estimate of drug-likeness (QED) is 0.434. The standard InChI is InChI=1S/C12H5Cl4NO/c13-7-2-8(11(15)10(14)3-7)9-1-6(5-18)4-17-12(9)16/h1-5H. The maximum atomic E-state index is 10.8. The zero-order chi connectivity index (χ0) is 13.3. The molecule has 0 saturated carbocycles. The summed E-state index contributed by atoms with van der Waals surface area (Å²) < 4.78 is 0. The Morgan fingerprint density at radius 2 is 1.72 bits per heavy atom.